The summed E-state index contributed by atoms with van der Waals surface area (Å²) in [5.41, 5.74) is 0.0608. The molecule has 0 amide bonds. The van der Waals surface area contributed by atoms with Crippen molar-refractivity contribution in [3.8, 4) is 17.6 Å². The highest BCUT2D eigenvalue weighted by Crippen LogP contribution is 2.30. The molecular formula is C7H4BrNO2. The predicted molar refractivity (Wildman–Crippen MR) is 42.2 cm³/mol. The van der Waals surface area contributed by atoms with Crippen molar-refractivity contribution >= 4 is 15.9 Å². The maximum absolute atomic E-state index is 9.05. The van der Waals surface area contributed by atoms with E-state index in [1.165, 1.54) is 12.1 Å². The molecule has 0 spiro atoms. The molecule has 0 atom stereocenters. The third-order valence-corrected chi connectivity index (χ3v) is 1.82. The SMILES string of the molecule is N#Cc1cc(O)c(Br)cc1O. The summed E-state index contributed by atoms with van der Waals surface area (Å²) in [6.07, 6.45) is 0. The van der Waals surface area contributed by atoms with E-state index in [0.717, 1.165) is 0 Å². The highest BCUT2D eigenvalue weighted by molar-refractivity contribution is 9.10. The van der Waals surface area contributed by atoms with E-state index < -0.39 is 0 Å². The molecule has 0 saturated carbocycles. The molecule has 0 aliphatic carbocycles. The van der Waals surface area contributed by atoms with Gasteiger partial charge in [-0.3, -0.25) is 0 Å². The average molecular weight is 214 g/mol. The van der Waals surface area contributed by atoms with Gasteiger partial charge in [0.05, 0.1) is 10.0 Å². The summed E-state index contributed by atoms with van der Waals surface area (Å²) in [6, 6.07) is 4.20. The zero-order valence-corrected chi connectivity index (χ0v) is 6.96. The maximum Gasteiger partial charge on any atom is 0.134 e. The Labute approximate surface area is 71.6 Å². The number of nitrogens with zero attached hydrogens (tertiary/aromatic N) is 1. The molecule has 11 heavy (non-hydrogen) atoms. The second kappa shape index (κ2) is 2.81. The zero-order valence-electron chi connectivity index (χ0n) is 5.37. The number of hydrogen-bond donors (Lipinski definition) is 2. The molecule has 3 nitrogen and oxygen atoms in total. The minimum absolute atomic E-state index is 0.0562. The normalized spacial score (nSPS) is 9.09. The molecular weight excluding hydrogens is 210 g/mol. The minimum Gasteiger partial charge on any atom is -0.507 e. The van der Waals surface area contributed by atoms with Crippen LogP contribution in [0, 0.1) is 11.3 Å². The fraction of sp³-hybridized carbons (Fsp3) is 0. The average Bonchev–Trinajstić information content (AvgIpc) is 1.97. The number of phenolic OH excluding ortho intramolecular Hbond substituents is 2. The lowest BCUT2D eigenvalue weighted by molar-refractivity contribution is 0.456. The smallest absolute Gasteiger partial charge is 0.134 e. The Hall–Kier alpha value is -1.21. The summed E-state index contributed by atoms with van der Waals surface area (Å²) in [5.74, 6) is -0.198. The van der Waals surface area contributed by atoms with Crippen LogP contribution >= 0.6 is 15.9 Å². The van der Waals surface area contributed by atoms with Gasteiger partial charge in [-0.25, -0.2) is 0 Å². The van der Waals surface area contributed by atoms with Crippen molar-refractivity contribution in [2.75, 3.05) is 0 Å². The molecule has 56 valence electrons. The molecule has 0 saturated heterocycles. The molecule has 0 aliphatic heterocycles. The predicted octanol–water partition coefficient (Wildman–Crippen LogP) is 1.73. The highest BCUT2D eigenvalue weighted by Gasteiger charge is 2.04. The number of rotatable bonds is 0. The third kappa shape index (κ3) is 1.44. The van der Waals surface area contributed by atoms with Gasteiger partial charge in [-0.15, -0.1) is 0 Å². The van der Waals surface area contributed by atoms with E-state index in [1.807, 2.05) is 0 Å². The van der Waals surface area contributed by atoms with Crippen LogP contribution in [0.5, 0.6) is 11.5 Å². The maximum atomic E-state index is 9.05. The van der Waals surface area contributed by atoms with Crippen molar-refractivity contribution in [3.05, 3.63) is 22.2 Å². The van der Waals surface area contributed by atoms with Gasteiger partial charge in [0.1, 0.15) is 17.6 Å². The van der Waals surface area contributed by atoms with Crippen LogP contribution in [0.3, 0.4) is 0 Å². The number of halogens is 1. The number of aromatic hydroxyl groups is 2. The molecule has 0 aromatic heterocycles. The van der Waals surface area contributed by atoms with E-state index in [0.29, 0.717) is 4.47 Å². The van der Waals surface area contributed by atoms with Crippen LogP contribution in [0.25, 0.3) is 0 Å². The molecule has 1 rings (SSSR count). The fourth-order valence-corrected chi connectivity index (χ4v) is 0.972. The molecule has 1 aromatic carbocycles. The van der Waals surface area contributed by atoms with Crippen LogP contribution in [0.1, 0.15) is 5.56 Å². The summed E-state index contributed by atoms with van der Waals surface area (Å²) in [4.78, 5) is 0. The Kier molecular flexibility index (Phi) is 2.01. The van der Waals surface area contributed by atoms with Gasteiger partial charge < -0.3 is 10.2 Å². The van der Waals surface area contributed by atoms with Crippen molar-refractivity contribution in [1.82, 2.24) is 0 Å². The number of phenols is 2. The molecule has 0 fully saturated rings. The first-order valence-corrected chi connectivity index (χ1v) is 3.56. The van der Waals surface area contributed by atoms with Gasteiger partial charge in [0, 0.05) is 6.07 Å². The second-order valence-electron chi connectivity index (χ2n) is 1.93. The minimum atomic E-state index is -0.142. The molecule has 4 heteroatoms. The van der Waals surface area contributed by atoms with Crippen LogP contribution in [-0.2, 0) is 0 Å². The topological polar surface area (TPSA) is 64.2 Å². The Morgan fingerprint density at radius 1 is 1.27 bits per heavy atom. The molecule has 0 heterocycles. The Morgan fingerprint density at radius 3 is 2.45 bits per heavy atom. The van der Waals surface area contributed by atoms with Crippen molar-refractivity contribution in [3.63, 3.8) is 0 Å². The van der Waals surface area contributed by atoms with E-state index in [2.05, 4.69) is 15.9 Å². The zero-order chi connectivity index (χ0) is 8.43. The molecule has 0 unspecified atom stereocenters. The van der Waals surface area contributed by atoms with E-state index in [9.17, 15) is 0 Å². The van der Waals surface area contributed by atoms with Gasteiger partial charge in [0.15, 0.2) is 0 Å². The van der Waals surface area contributed by atoms with Gasteiger partial charge in [0.25, 0.3) is 0 Å². The summed E-state index contributed by atoms with van der Waals surface area (Å²) >= 11 is 2.99. The van der Waals surface area contributed by atoms with Crippen LogP contribution in [0.2, 0.25) is 0 Å². The van der Waals surface area contributed by atoms with Crippen LogP contribution in [0.15, 0.2) is 16.6 Å². The monoisotopic (exact) mass is 213 g/mol. The van der Waals surface area contributed by atoms with E-state index in [1.54, 1.807) is 6.07 Å². The van der Waals surface area contributed by atoms with Crippen LogP contribution in [-0.4, -0.2) is 10.2 Å². The van der Waals surface area contributed by atoms with Gasteiger partial charge in [0.2, 0.25) is 0 Å². The van der Waals surface area contributed by atoms with Gasteiger partial charge >= 0.3 is 0 Å². The lowest BCUT2D eigenvalue weighted by atomic mass is 10.2. The van der Waals surface area contributed by atoms with E-state index >= 15 is 0 Å². The third-order valence-electron chi connectivity index (χ3n) is 1.19. The number of nitriles is 1. The first kappa shape index (κ1) is 7.89. The van der Waals surface area contributed by atoms with Gasteiger partial charge in [-0.2, -0.15) is 5.26 Å². The first-order valence-electron chi connectivity index (χ1n) is 2.76. The van der Waals surface area contributed by atoms with Crippen molar-refractivity contribution in [2.45, 2.75) is 0 Å². The molecule has 0 bridgehead atoms. The summed E-state index contributed by atoms with van der Waals surface area (Å²) in [7, 11) is 0. The van der Waals surface area contributed by atoms with Crippen molar-refractivity contribution in [1.29, 1.82) is 5.26 Å². The lowest BCUT2D eigenvalue weighted by Crippen LogP contribution is -1.76. The molecule has 0 aliphatic rings. The van der Waals surface area contributed by atoms with Gasteiger partial charge in [-0.05, 0) is 22.0 Å². The first-order chi connectivity index (χ1) is 5.15. The van der Waals surface area contributed by atoms with Crippen LogP contribution in [0.4, 0.5) is 0 Å². The van der Waals surface area contributed by atoms with Crippen LogP contribution < -0.4 is 0 Å². The summed E-state index contributed by atoms with van der Waals surface area (Å²) in [6.45, 7) is 0. The van der Waals surface area contributed by atoms with Gasteiger partial charge in [-0.1, -0.05) is 0 Å². The standard InChI is InChI=1S/C7H4BrNO2/c8-5-2-6(10)4(3-9)1-7(5)11/h1-2,10-11H. The Balaban J connectivity index is 3.35. The van der Waals surface area contributed by atoms with E-state index in [-0.39, 0.29) is 17.1 Å². The number of hydrogen-bond acceptors (Lipinski definition) is 3. The van der Waals surface area contributed by atoms with E-state index in [4.69, 9.17) is 15.5 Å². The lowest BCUT2D eigenvalue weighted by Gasteiger charge is -1.98. The molecule has 0 radical (unpaired) electrons. The largest absolute Gasteiger partial charge is 0.507 e. The summed E-state index contributed by atoms with van der Waals surface area (Å²) < 4.78 is 0.369. The number of benzene rings is 1. The molecule has 1 aromatic rings. The van der Waals surface area contributed by atoms with Crippen molar-refractivity contribution < 1.29 is 10.2 Å². The quantitative estimate of drug-likeness (QED) is 0.646. The summed E-state index contributed by atoms with van der Waals surface area (Å²) in [5, 5.41) is 26.5. The Bertz CT molecular complexity index is 330. The van der Waals surface area contributed by atoms with Crippen molar-refractivity contribution in [2.24, 2.45) is 0 Å². The second-order valence-corrected chi connectivity index (χ2v) is 2.79. The molecule has 2 N–H and O–H groups in total. The fourth-order valence-electron chi connectivity index (χ4n) is 0.641. The highest BCUT2D eigenvalue weighted by atomic mass is 79.9. The Morgan fingerprint density at radius 2 is 1.91 bits per heavy atom.